The zero-order valence-electron chi connectivity index (χ0n) is 11.6. The Balaban J connectivity index is 1.79. The predicted octanol–water partition coefficient (Wildman–Crippen LogP) is 1.63. The molecule has 1 saturated heterocycles. The van der Waals surface area contributed by atoms with Crippen molar-refractivity contribution in [2.45, 2.75) is 25.3 Å². The summed E-state index contributed by atoms with van der Waals surface area (Å²) in [6, 6.07) is 7.72. The van der Waals surface area contributed by atoms with Gasteiger partial charge in [-0.3, -0.25) is 14.6 Å². The number of benzene rings is 1. The van der Waals surface area contributed by atoms with E-state index in [0.717, 1.165) is 17.2 Å². The van der Waals surface area contributed by atoms with E-state index in [2.05, 4.69) is 15.6 Å². The number of rotatable bonds is 2. The number of carbonyl (C=O) groups is 2. The lowest BCUT2D eigenvalue weighted by Gasteiger charge is -2.16. The van der Waals surface area contributed by atoms with Gasteiger partial charge in [-0.05, 0) is 18.2 Å². The van der Waals surface area contributed by atoms with E-state index in [1.54, 1.807) is 12.4 Å². The molecule has 0 saturated carbocycles. The number of nitrogens with zero attached hydrogens (tertiary/aromatic N) is 1. The summed E-state index contributed by atoms with van der Waals surface area (Å²) in [6.07, 6.45) is 5.24. The van der Waals surface area contributed by atoms with Crippen LogP contribution in [0.25, 0.3) is 10.8 Å². The van der Waals surface area contributed by atoms with Gasteiger partial charge in [0.25, 0.3) is 5.91 Å². The van der Waals surface area contributed by atoms with Crippen LogP contribution in [0.5, 0.6) is 0 Å². The molecular formula is C16H17N3O2. The van der Waals surface area contributed by atoms with Gasteiger partial charge in [0.05, 0.1) is 5.56 Å². The molecule has 1 fully saturated rings. The van der Waals surface area contributed by atoms with Gasteiger partial charge in [-0.15, -0.1) is 0 Å². The van der Waals surface area contributed by atoms with Gasteiger partial charge in [-0.25, -0.2) is 0 Å². The molecule has 5 nitrogen and oxygen atoms in total. The molecule has 2 aromatic rings. The Kier molecular flexibility index (Phi) is 3.81. The molecule has 0 bridgehead atoms. The molecule has 3 rings (SSSR count). The van der Waals surface area contributed by atoms with Gasteiger partial charge >= 0.3 is 0 Å². The third-order valence-electron chi connectivity index (χ3n) is 3.78. The van der Waals surface area contributed by atoms with Crippen molar-refractivity contribution in [3.8, 4) is 0 Å². The number of amides is 2. The monoisotopic (exact) mass is 283 g/mol. The lowest BCUT2D eigenvalue weighted by molar-refractivity contribution is -0.120. The number of carbonyl (C=O) groups excluding carboxylic acids is 2. The lowest BCUT2D eigenvalue weighted by atomic mass is 10.1. The van der Waals surface area contributed by atoms with Crippen LogP contribution in [0.3, 0.4) is 0 Å². The number of nitrogens with one attached hydrogen (secondary N) is 2. The van der Waals surface area contributed by atoms with Crippen LogP contribution in [-0.4, -0.2) is 29.4 Å². The fraction of sp³-hybridized carbons (Fsp3) is 0.312. The Hall–Kier alpha value is -2.43. The molecule has 5 heteroatoms. The van der Waals surface area contributed by atoms with Crippen molar-refractivity contribution in [2.24, 2.45) is 0 Å². The average Bonchev–Trinajstić information content (AvgIpc) is 2.71. The Morgan fingerprint density at radius 1 is 1.24 bits per heavy atom. The van der Waals surface area contributed by atoms with Crippen LogP contribution >= 0.6 is 0 Å². The molecule has 21 heavy (non-hydrogen) atoms. The highest BCUT2D eigenvalue weighted by Crippen LogP contribution is 2.17. The van der Waals surface area contributed by atoms with Gasteiger partial charge in [0.15, 0.2) is 0 Å². The van der Waals surface area contributed by atoms with Gasteiger partial charge < -0.3 is 10.6 Å². The minimum atomic E-state index is -0.126. The van der Waals surface area contributed by atoms with Crippen LogP contribution in [0.2, 0.25) is 0 Å². The van der Waals surface area contributed by atoms with E-state index >= 15 is 0 Å². The van der Waals surface area contributed by atoms with Crippen LogP contribution in [0.15, 0.2) is 36.7 Å². The summed E-state index contributed by atoms with van der Waals surface area (Å²) in [5.41, 5.74) is 0.580. The summed E-state index contributed by atoms with van der Waals surface area (Å²) >= 11 is 0. The van der Waals surface area contributed by atoms with Gasteiger partial charge in [0.2, 0.25) is 5.91 Å². The van der Waals surface area contributed by atoms with Crippen LogP contribution in [0.4, 0.5) is 0 Å². The fourth-order valence-electron chi connectivity index (χ4n) is 2.63. The normalized spacial score (nSPS) is 18.9. The van der Waals surface area contributed by atoms with E-state index in [9.17, 15) is 9.59 Å². The van der Waals surface area contributed by atoms with Crippen molar-refractivity contribution in [3.05, 3.63) is 42.2 Å². The number of aromatic nitrogens is 1. The summed E-state index contributed by atoms with van der Waals surface area (Å²) in [7, 11) is 0. The van der Waals surface area contributed by atoms with Crippen LogP contribution in [-0.2, 0) is 4.79 Å². The van der Waals surface area contributed by atoms with Gasteiger partial charge in [-0.1, -0.05) is 24.3 Å². The van der Waals surface area contributed by atoms with Gasteiger partial charge in [0.1, 0.15) is 0 Å². The first-order chi connectivity index (χ1) is 10.2. The topological polar surface area (TPSA) is 71.1 Å². The molecule has 0 radical (unpaired) electrons. The van der Waals surface area contributed by atoms with Gasteiger partial charge in [0, 0.05) is 36.8 Å². The third kappa shape index (κ3) is 3.02. The first kappa shape index (κ1) is 13.5. The minimum absolute atomic E-state index is 0.0235. The molecule has 1 unspecified atom stereocenters. The molecule has 0 aliphatic carbocycles. The van der Waals surface area contributed by atoms with E-state index < -0.39 is 0 Å². The van der Waals surface area contributed by atoms with E-state index in [1.807, 2.05) is 24.3 Å². The standard InChI is InChI=1S/C16H17N3O2/c20-15-6-5-12(7-8-18-15)19-16(21)14-10-17-9-11-3-1-2-4-13(11)14/h1-4,9-10,12H,5-8H2,(H,18,20)(H,19,21). The number of hydrogen-bond acceptors (Lipinski definition) is 3. The van der Waals surface area contributed by atoms with Crippen molar-refractivity contribution in [1.29, 1.82) is 0 Å². The Bertz CT molecular complexity index is 679. The highest BCUT2D eigenvalue weighted by molar-refractivity contribution is 6.06. The molecule has 1 aromatic heterocycles. The van der Waals surface area contributed by atoms with Crippen molar-refractivity contribution >= 4 is 22.6 Å². The highest BCUT2D eigenvalue weighted by atomic mass is 16.2. The maximum Gasteiger partial charge on any atom is 0.253 e. The molecule has 108 valence electrons. The van der Waals surface area contributed by atoms with Gasteiger partial charge in [-0.2, -0.15) is 0 Å². The number of hydrogen-bond donors (Lipinski definition) is 2. The maximum absolute atomic E-state index is 12.5. The first-order valence-corrected chi connectivity index (χ1v) is 7.14. The minimum Gasteiger partial charge on any atom is -0.356 e. The predicted molar refractivity (Wildman–Crippen MR) is 79.9 cm³/mol. The Morgan fingerprint density at radius 3 is 3.00 bits per heavy atom. The summed E-state index contributed by atoms with van der Waals surface area (Å²) in [6.45, 7) is 0.609. The zero-order chi connectivity index (χ0) is 14.7. The SMILES string of the molecule is O=C1CCC(NC(=O)c2cncc3ccccc23)CCN1. The van der Waals surface area contributed by atoms with Crippen molar-refractivity contribution in [3.63, 3.8) is 0 Å². The molecule has 1 atom stereocenters. The molecular weight excluding hydrogens is 266 g/mol. The second kappa shape index (κ2) is 5.91. The fourth-order valence-corrected chi connectivity index (χ4v) is 2.63. The maximum atomic E-state index is 12.5. The third-order valence-corrected chi connectivity index (χ3v) is 3.78. The quantitative estimate of drug-likeness (QED) is 0.880. The first-order valence-electron chi connectivity index (χ1n) is 7.14. The van der Waals surface area contributed by atoms with E-state index in [1.165, 1.54) is 0 Å². The van der Waals surface area contributed by atoms with Crippen LogP contribution in [0, 0.1) is 0 Å². The number of pyridine rings is 1. The number of fused-ring (bicyclic) bond motifs is 1. The molecule has 2 heterocycles. The Labute approximate surface area is 122 Å². The van der Waals surface area contributed by atoms with Crippen LogP contribution in [0.1, 0.15) is 29.6 Å². The molecule has 2 N–H and O–H groups in total. The smallest absolute Gasteiger partial charge is 0.253 e. The van der Waals surface area contributed by atoms with Crippen molar-refractivity contribution in [2.75, 3.05) is 6.54 Å². The second-order valence-electron chi connectivity index (χ2n) is 5.26. The Morgan fingerprint density at radius 2 is 2.10 bits per heavy atom. The molecule has 1 aliphatic heterocycles. The van der Waals surface area contributed by atoms with E-state index in [4.69, 9.17) is 0 Å². The van der Waals surface area contributed by atoms with E-state index in [0.29, 0.717) is 24.9 Å². The summed E-state index contributed by atoms with van der Waals surface area (Å²) in [4.78, 5) is 27.9. The highest BCUT2D eigenvalue weighted by Gasteiger charge is 2.19. The zero-order valence-corrected chi connectivity index (χ0v) is 11.6. The summed E-state index contributed by atoms with van der Waals surface area (Å²) in [5, 5.41) is 7.67. The van der Waals surface area contributed by atoms with Crippen molar-refractivity contribution in [1.82, 2.24) is 15.6 Å². The largest absolute Gasteiger partial charge is 0.356 e. The summed E-state index contributed by atoms with van der Waals surface area (Å²) < 4.78 is 0. The summed E-state index contributed by atoms with van der Waals surface area (Å²) in [5.74, 6) is -0.0720. The van der Waals surface area contributed by atoms with Crippen LogP contribution < -0.4 is 10.6 Å². The average molecular weight is 283 g/mol. The van der Waals surface area contributed by atoms with E-state index in [-0.39, 0.29) is 17.9 Å². The second-order valence-corrected chi connectivity index (χ2v) is 5.26. The molecule has 1 aromatic carbocycles. The van der Waals surface area contributed by atoms with Crippen molar-refractivity contribution < 1.29 is 9.59 Å². The molecule has 0 spiro atoms. The molecule has 1 aliphatic rings. The molecule has 2 amide bonds. The lowest BCUT2D eigenvalue weighted by Crippen LogP contribution is -2.35.